The maximum Gasteiger partial charge on any atom is 0.388 e. The molecule has 0 aromatic carbocycles. The molecule has 0 aliphatic heterocycles. The van der Waals surface area contributed by atoms with E-state index in [0.717, 1.165) is 25.3 Å². The highest BCUT2D eigenvalue weighted by Gasteiger charge is 2.65. The third-order valence-corrected chi connectivity index (χ3v) is 8.71. The number of Topliss-reactive ketones (excluding diaryl/α,β-unsaturated/α-hetero) is 1. The third-order valence-electron chi connectivity index (χ3n) is 8.71. The molecule has 0 aromatic heterocycles. The maximum atomic E-state index is 13.1. The fraction of sp³-hybridized carbons (Fsp3) is 0.680. The van der Waals surface area contributed by atoms with Gasteiger partial charge in [0.1, 0.15) is 6.10 Å². The molecule has 7 atom stereocenters. The largest absolute Gasteiger partial charge is 0.462 e. The predicted octanol–water partition coefficient (Wildman–Crippen LogP) is 2.22. The number of allylic oxidation sites excluding steroid dienone is 4. The second-order valence-electron chi connectivity index (χ2n) is 10.6. The fourth-order valence-electron chi connectivity index (χ4n) is 7.52. The van der Waals surface area contributed by atoms with Gasteiger partial charge in [0.05, 0.1) is 0 Å². The summed E-state index contributed by atoms with van der Waals surface area (Å²) in [5, 5.41) is 20.4. The first kappa shape index (κ1) is 23.8. The van der Waals surface area contributed by atoms with Gasteiger partial charge in [-0.05, 0) is 61.5 Å². The number of hydrogen-bond acceptors (Lipinski definition) is 8. The molecule has 0 radical (unpaired) electrons. The molecule has 4 aliphatic carbocycles. The van der Waals surface area contributed by atoms with Crippen LogP contribution in [0.25, 0.3) is 0 Å². The minimum absolute atomic E-state index is 0.0372. The quantitative estimate of drug-likeness (QED) is 0.483. The first-order valence-corrected chi connectivity index (χ1v) is 11.6. The molecule has 33 heavy (non-hydrogen) atoms. The van der Waals surface area contributed by atoms with E-state index in [-0.39, 0.29) is 23.5 Å². The lowest BCUT2D eigenvalue weighted by Crippen LogP contribution is -2.58. The van der Waals surface area contributed by atoms with Gasteiger partial charge in [0, 0.05) is 31.1 Å². The van der Waals surface area contributed by atoms with Crippen molar-refractivity contribution in [1.82, 2.24) is 0 Å². The van der Waals surface area contributed by atoms with Crippen molar-refractivity contribution in [2.24, 2.45) is 34.5 Å². The average Bonchev–Trinajstić information content (AvgIpc) is 3.02. The monoisotopic (exact) mass is 460 g/mol. The van der Waals surface area contributed by atoms with E-state index in [1.165, 1.54) is 6.92 Å². The van der Waals surface area contributed by atoms with Gasteiger partial charge < -0.3 is 19.7 Å². The van der Waals surface area contributed by atoms with Crippen LogP contribution in [0.1, 0.15) is 59.8 Å². The van der Waals surface area contributed by atoms with Gasteiger partial charge in [-0.1, -0.05) is 25.5 Å². The van der Waals surface area contributed by atoms with Crippen molar-refractivity contribution in [1.29, 1.82) is 0 Å². The van der Waals surface area contributed by atoms with Gasteiger partial charge >= 0.3 is 17.9 Å². The SMILES string of the molecule is CC(=O)OC1C[C@]2(C)[C@@H](C(=O)C(O)(O)OC(C)=O)CC[C@H]2[C@@H]2CCC3=CC(=O)C=C[C@]3(C)[C@@H]12. The standard InChI is InChI=1S/C25H32O8/c1-13(26)32-20-12-24(4)18(7-8-19(24)22(29)25(30,31)33-14(2)27)17-6-5-15-11-16(28)9-10-23(15,3)21(17)20/h9-11,17-21,30-31H,5-8,12H2,1-4H3/t17-,18-,19+,20?,21+,23-,24-/m0/s1. The molecule has 1 unspecified atom stereocenters. The van der Waals surface area contributed by atoms with E-state index in [9.17, 15) is 29.4 Å². The highest BCUT2D eigenvalue weighted by atomic mass is 16.8. The number of ether oxygens (including phenoxy) is 2. The molecule has 0 spiro atoms. The van der Waals surface area contributed by atoms with Gasteiger partial charge in [0.15, 0.2) is 5.78 Å². The molecule has 180 valence electrons. The highest BCUT2D eigenvalue weighted by Crippen LogP contribution is 2.66. The summed E-state index contributed by atoms with van der Waals surface area (Å²) in [5.74, 6) is -6.17. The number of esters is 2. The van der Waals surface area contributed by atoms with Gasteiger partial charge in [-0.15, -0.1) is 0 Å². The molecule has 0 heterocycles. The Hall–Kier alpha value is -2.32. The average molecular weight is 461 g/mol. The molecular formula is C25H32O8. The number of hydrogen-bond donors (Lipinski definition) is 2. The molecule has 8 heteroatoms. The van der Waals surface area contributed by atoms with Crippen molar-refractivity contribution in [2.45, 2.75) is 71.9 Å². The molecular weight excluding hydrogens is 428 g/mol. The molecule has 0 bridgehead atoms. The normalized spacial score (nSPS) is 39.6. The van der Waals surface area contributed by atoms with E-state index in [1.54, 1.807) is 12.2 Å². The summed E-state index contributed by atoms with van der Waals surface area (Å²) < 4.78 is 10.4. The molecule has 0 amide bonds. The van der Waals surface area contributed by atoms with Gasteiger partial charge in [0.2, 0.25) is 5.78 Å². The molecule has 2 N–H and O–H groups in total. The molecule has 3 saturated carbocycles. The van der Waals surface area contributed by atoms with E-state index in [0.29, 0.717) is 19.3 Å². The van der Waals surface area contributed by atoms with Crippen molar-refractivity contribution in [2.75, 3.05) is 0 Å². The van der Waals surface area contributed by atoms with Crippen LogP contribution in [-0.2, 0) is 28.7 Å². The molecule has 4 rings (SSSR count). The Morgan fingerprint density at radius 1 is 1.09 bits per heavy atom. The second-order valence-corrected chi connectivity index (χ2v) is 10.6. The van der Waals surface area contributed by atoms with Crippen LogP contribution in [0.2, 0.25) is 0 Å². The fourth-order valence-corrected chi connectivity index (χ4v) is 7.52. The Kier molecular flexibility index (Phi) is 5.69. The van der Waals surface area contributed by atoms with E-state index in [2.05, 4.69) is 11.7 Å². The Balaban J connectivity index is 1.72. The summed E-state index contributed by atoms with van der Waals surface area (Å²) in [6.45, 7) is 6.39. The van der Waals surface area contributed by atoms with Gasteiger partial charge in [-0.2, -0.15) is 0 Å². The number of rotatable bonds is 4. The zero-order chi connectivity index (χ0) is 24.3. The Bertz CT molecular complexity index is 961. The smallest absolute Gasteiger partial charge is 0.388 e. The highest BCUT2D eigenvalue weighted by molar-refractivity contribution is 6.01. The summed E-state index contributed by atoms with van der Waals surface area (Å²) in [6, 6.07) is 0. The molecule has 3 fully saturated rings. The van der Waals surface area contributed by atoms with Crippen LogP contribution in [0.4, 0.5) is 0 Å². The third kappa shape index (κ3) is 3.77. The summed E-state index contributed by atoms with van der Waals surface area (Å²) in [6.07, 6.45) is 7.73. The zero-order valence-electron chi connectivity index (χ0n) is 19.5. The van der Waals surface area contributed by atoms with Crippen molar-refractivity contribution in [3.63, 3.8) is 0 Å². The number of carbonyl (C=O) groups excluding carboxylic acids is 4. The lowest BCUT2D eigenvalue weighted by atomic mass is 9.46. The second kappa shape index (κ2) is 7.87. The van der Waals surface area contributed by atoms with Crippen LogP contribution in [0.15, 0.2) is 23.8 Å². The van der Waals surface area contributed by atoms with Crippen LogP contribution in [0, 0.1) is 34.5 Å². The lowest BCUT2D eigenvalue weighted by Gasteiger charge is -2.59. The van der Waals surface area contributed by atoms with Crippen LogP contribution >= 0.6 is 0 Å². The van der Waals surface area contributed by atoms with E-state index >= 15 is 0 Å². The molecule has 0 aromatic rings. The van der Waals surface area contributed by atoms with Crippen LogP contribution < -0.4 is 0 Å². The van der Waals surface area contributed by atoms with Gasteiger partial charge in [0.25, 0.3) is 0 Å². The maximum absolute atomic E-state index is 13.1. The summed E-state index contributed by atoms with van der Waals surface area (Å²) >= 11 is 0. The Morgan fingerprint density at radius 2 is 1.79 bits per heavy atom. The summed E-state index contributed by atoms with van der Waals surface area (Å²) in [7, 11) is 0. The Morgan fingerprint density at radius 3 is 2.42 bits per heavy atom. The zero-order valence-corrected chi connectivity index (χ0v) is 19.5. The van der Waals surface area contributed by atoms with Crippen molar-refractivity contribution >= 4 is 23.5 Å². The van der Waals surface area contributed by atoms with E-state index in [1.807, 2.05) is 13.0 Å². The van der Waals surface area contributed by atoms with Crippen LogP contribution in [0.3, 0.4) is 0 Å². The van der Waals surface area contributed by atoms with Gasteiger partial charge in [-0.3, -0.25) is 19.2 Å². The molecule has 4 aliphatic rings. The lowest BCUT2D eigenvalue weighted by molar-refractivity contribution is -0.300. The minimum atomic E-state index is -3.19. The van der Waals surface area contributed by atoms with E-state index in [4.69, 9.17) is 4.74 Å². The van der Waals surface area contributed by atoms with Crippen LogP contribution in [0.5, 0.6) is 0 Å². The number of fused-ring (bicyclic) bond motifs is 5. The molecule has 0 saturated heterocycles. The minimum Gasteiger partial charge on any atom is -0.462 e. The predicted molar refractivity (Wildman–Crippen MR) is 115 cm³/mol. The van der Waals surface area contributed by atoms with Crippen molar-refractivity contribution < 1.29 is 38.9 Å². The topological polar surface area (TPSA) is 127 Å². The number of carbonyl (C=O) groups is 4. The summed E-state index contributed by atoms with van der Waals surface area (Å²) in [5.41, 5.74) is -0.0566. The first-order valence-electron chi connectivity index (χ1n) is 11.6. The molecule has 8 nitrogen and oxygen atoms in total. The van der Waals surface area contributed by atoms with Crippen molar-refractivity contribution in [3.05, 3.63) is 23.8 Å². The van der Waals surface area contributed by atoms with E-state index < -0.39 is 46.5 Å². The Labute approximate surface area is 193 Å². The first-order chi connectivity index (χ1) is 15.3. The van der Waals surface area contributed by atoms with Gasteiger partial charge in [-0.25, -0.2) is 0 Å². The summed E-state index contributed by atoms with van der Waals surface area (Å²) in [4.78, 5) is 48.6. The van der Waals surface area contributed by atoms with Crippen LogP contribution in [-0.4, -0.2) is 45.8 Å². The number of aliphatic hydroxyl groups is 2. The van der Waals surface area contributed by atoms with Crippen molar-refractivity contribution in [3.8, 4) is 0 Å². The number of ketones is 2.